The third kappa shape index (κ3) is 6.43. The summed E-state index contributed by atoms with van der Waals surface area (Å²) in [6, 6.07) is 29.2. The minimum atomic E-state index is -0.180. The lowest BCUT2D eigenvalue weighted by molar-refractivity contribution is 0.101. The number of nitrogens with one attached hydrogen (secondary N) is 2. The average Bonchev–Trinajstić information content (AvgIpc) is 2.91. The van der Waals surface area contributed by atoms with Gasteiger partial charge in [0.15, 0.2) is 0 Å². The average molecular weight is 485 g/mol. The number of hydrogen-bond acceptors (Lipinski definition) is 5. The van der Waals surface area contributed by atoms with Crippen LogP contribution in [0.25, 0.3) is 0 Å². The summed E-state index contributed by atoms with van der Waals surface area (Å²) >= 11 is 1.59. The highest BCUT2D eigenvalue weighted by molar-refractivity contribution is 7.99. The Hall–Kier alpha value is -4.23. The number of amides is 2. The third-order valence-electron chi connectivity index (χ3n) is 5.16. The van der Waals surface area contributed by atoms with Crippen molar-refractivity contribution in [2.75, 3.05) is 24.9 Å². The molecule has 6 nitrogen and oxygen atoms in total. The van der Waals surface area contributed by atoms with Crippen molar-refractivity contribution in [1.82, 2.24) is 0 Å². The van der Waals surface area contributed by atoms with E-state index in [1.165, 1.54) is 0 Å². The van der Waals surface area contributed by atoms with E-state index < -0.39 is 0 Å². The van der Waals surface area contributed by atoms with Gasteiger partial charge >= 0.3 is 0 Å². The molecule has 35 heavy (non-hydrogen) atoms. The van der Waals surface area contributed by atoms with Crippen LogP contribution < -0.4 is 20.1 Å². The summed E-state index contributed by atoms with van der Waals surface area (Å²) in [6.07, 6.45) is 0. The molecule has 0 fully saturated rings. The molecule has 7 heteroatoms. The van der Waals surface area contributed by atoms with Crippen LogP contribution in [0.2, 0.25) is 0 Å². The van der Waals surface area contributed by atoms with Gasteiger partial charge in [0.25, 0.3) is 11.8 Å². The fourth-order valence-corrected chi connectivity index (χ4v) is 4.06. The minimum absolute atomic E-state index is 0.180. The van der Waals surface area contributed by atoms with Crippen LogP contribution in [0.15, 0.2) is 107 Å². The normalized spacial score (nSPS) is 10.3. The molecule has 0 aliphatic carbocycles. The van der Waals surface area contributed by atoms with Gasteiger partial charge in [0.1, 0.15) is 11.5 Å². The minimum Gasteiger partial charge on any atom is -0.497 e. The van der Waals surface area contributed by atoms with E-state index in [0.717, 1.165) is 9.79 Å². The number of benzene rings is 4. The second-order valence-electron chi connectivity index (χ2n) is 7.52. The van der Waals surface area contributed by atoms with Crippen molar-refractivity contribution in [3.8, 4) is 11.5 Å². The summed E-state index contributed by atoms with van der Waals surface area (Å²) in [6.45, 7) is 0. The van der Waals surface area contributed by atoms with Crippen molar-refractivity contribution >= 4 is 35.0 Å². The topological polar surface area (TPSA) is 76.7 Å². The highest BCUT2D eigenvalue weighted by atomic mass is 32.2. The van der Waals surface area contributed by atoms with Gasteiger partial charge in [-0.1, -0.05) is 11.8 Å². The summed E-state index contributed by atoms with van der Waals surface area (Å²) < 4.78 is 10.2. The first-order chi connectivity index (χ1) is 17.0. The van der Waals surface area contributed by atoms with Crippen LogP contribution in [-0.4, -0.2) is 26.0 Å². The number of rotatable bonds is 8. The Morgan fingerprint density at radius 2 is 0.886 bits per heavy atom. The van der Waals surface area contributed by atoms with Gasteiger partial charge in [-0.25, -0.2) is 0 Å². The first-order valence-corrected chi connectivity index (χ1v) is 11.6. The monoisotopic (exact) mass is 484 g/mol. The second kappa shape index (κ2) is 11.3. The molecule has 0 aliphatic rings. The number of carbonyl (C=O) groups is 2. The van der Waals surface area contributed by atoms with Crippen molar-refractivity contribution in [3.63, 3.8) is 0 Å². The van der Waals surface area contributed by atoms with E-state index in [2.05, 4.69) is 10.6 Å². The number of methoxy groups -OCH3 is 2. The molecule has 0 bridgehead atoms. The fourth-order valence-electron chi connectivity index (χ4n) is 3.24. The van der Waals surface area contributed by atoms with Gasteiger partial charge in [-0.3, -0.25) is 9.59 Å². The second-order valence-corrected chi connectivity index (χ2v) is 8.66. The van der Waals surface area contributed by atoms with E-state index in [1.807, 2.05) is 48.5 Å². The molecule has 176 valence electrons. The van der Waals surface area contributed by atoms with E-state index >= 15 is 0 Å². The van der Waals surface area contributed by atoms with Crippen molar-refractivity contribution in [2.24, 2.45) is 0 Å². The summed E-state index contributed by atoms with van der Waals surface area (Å²) in [5, 5.41) is 5.79. The zero-order valence-corrected chi connectivity index (χ0v) is 20.1. The van der Waals surface area contributed by atoms with Gasteiger partial charge in [0.2, 0.25) is 0 Å². The lowest BCUT2D eigenvalue weighted by atomic mass is 10.2. The maximum atomic E-state index is 12.4. The molecule has 0 atom stereocenters. The van der Waals surface area contributed by atoms with Crippen LogP contribution in [-0.2, 0) is 0 Å². The van der Waals surface area contributed by atoms with Gasteiger partial charge in [0, 0.05) is 32.3 Å². The van der Waals surface area contributed by atoms with E-state index in [9.17, 15) is 9.59 Å². The van der Waals surface area contributed by atoms with Gasteiger partial charge in [-0.05, 0) is 97.1 Å². The highest BCUT2D eigenvalue weighted by Gasteiger charge is 2.08. The quantitative estimate of drug-likeness (QED) is 0.304. The summed E-state index contributed by atoms with van der Waals surface area (Å²) in [5.41, 5.74) is 2.55. The molecule has 4 rings (SSSR count). The molecule has 0 heterocycles. The smallest absolute Gasteiger partial charge is 0.255 e. The maximum absolute atomic E-state index is 12.4. The summed E-state index contributed by atoms with van der Waals surface area (Å²) in [7, 11) is 3.18. The Labute approximate surface area is 208 Å². The molecule has 0 unspecified atom stereocenters. The SMILES string of the molecule is COc1ccc(C(=O)Nc2ccc(Sc3ccc(NC(=O)c4ccc(OC)cc4)cc3)cc2)cc1. The van der Waals surface area contributed by atoms with Crippen LogP contribution in [0.3, 0.4) is 0 Å². The molecule has 4 aromatic carbocycles. The lowest BCUT2D eigenvalue weighted by Crippen LogP contribution is -2.11. The Morgan fingerprint density at radius 1 is 0.543 bits per heavy atom. The zero-order chi connectivity index (χ0) is 24.6. The van der Waals surface area contributed by atoms with Gasteiger partial charge in [-0.15, -0.1) is 0 Å². The molecule has 4 aromatic rings. The molecular weight excluding hydrogens is 460 g/mol. The summed E-state index contributed by atoms with van der Waals surface area (Å²) in [5.74, 6) is 1.05. The Morgan fingerprint density at radius 3 is 1.20 bits per heavy atom. The Balaban J connectivity index is 1.31. The van der Waals surface area contributed by atoms with Gasteiger partial charge < -0.3 is 20.1 Å². The first-order valence-electron chi connectivity index (χ1n) is 10.8. The van der Waals surface area contributed by atoms with E-state index in [1.54, 1.807) is 74.5 Å². The van der Waals surface area contributed by atoms with Crippen molar-refractivity contribution in [3.05, 3.63) is 108 Å². The van der Waals surface area contributed by atoms with Gasteiger partial charge in [0.05, 0.1) is 14.2 Å². The van der Waals surface area contributed by atoms with Crippen LogP contribution in [0.5, 0.6) is 11.5 Å². The van der Waals surface area contributed by atoms with E-state index in [0.29, 0.717) is 34.0 Å². The predicted octanol–water partition coefficient (Wildman–Crippen LogP) is 6.36. The molecular formula is C28H24N2O4S. The molecule has 0 saturated heterocycles. The van der Waals surface area contributed by atoms with Gasteiger partial charge in [-0.2, -0.15) is 0 Å². The number of anilines is 2. The number of carbonyl (C=O) groups excluding carboxylic acids is 2. The van der Waals surface area contributed by atoms with Crippen LogP contribution in [0, 0.1) is 0 Å². The largest absolute Gasteiger partial charge is 0.497 e. The van der Waals surface area contributed by atoms with E-state index in [-0.39, 0.29) is 11.8 Å². The van der Waals surface area contributed by atoms with Crippen molar-refractivity contribution in [1.29, 1.82) is 0 Å². The Bertz CT molecular complexity index is 1180. The Kier molecular flexibility index (Phi) is 7.70. The molecule has 0 spiro atoms. The van der Waals surface area contributed by atoms with Crippen molar-refractivity contribution < 1.29 is 19.1 Å². The fraction of sp³-hybridized carbons (Fsp3) is 0.0714. The van der Waals surface area contributed by atoms with Crippen LogP contribution in [0.1, 0.15) is 20.7 Å². The molecule has 2 amide bonds. The predicted molar refractivity (Wildman–Crippen MR) is 139 cm³/mol. The number of hydrogen-bond donors (Lipinski definition) is 2. The third-order valence-corrected chi connectivity index (χ3v) is 6.18. The maximum Gasteiger partial charge on any atom is 0.255 e. The lowest BCUT2D eigenvalue weighted by Gasteiger charge is -2.09. The molecule has 2 N–H and O–H groups in total. The van der Waals surface area contributed by atoms with Crippen LogP contribution >= 0.6 is 11.8 Å². The molecule has 0 aromatic heterocycles. The number of ether oxygens (including phenoxy) is 2. The molecule has 0 aliphatic heterocycles. The first kappa shape index (κ1) is 23.9. The van der Waals surface area contributed by atoms with E-state index in [4.69, 9.17) is 9.47 Å². The zero-order valence-electron chi connectivity index (χ0n) is 19.3. The highest BCUT2D eigenvalue weighted by Crippen LogP contribution is 2.29. The summed E-state index contributed by atoms with van der Waals surface area (Å²) in [4.78, 5) is 26.9. The standard InChI is InChI=1S/C28H24N2O4S/c1-33-23-11-3-19(4-12-23)27(31)29-21-7-15-25(16-8-21)35-26-17-9-22(10-18-26)30-28(32)20-5-13-24(34-2)14-6-20/h3-18H,1-2H3,(H,29,31)(H,30,32). The molecule has 0 radical (unpaired) electrons. The molecule has 0 saturated carbocycles. The van der Waals surface area contributed by atoms with Crippen LogP contribution in [0.4, 0.5) is 11.4 Å². The van der Waals surface area contributed by atoms with Crippen molar-refractivity contribution in [2.45, 2.75) is 9.79 Å².